The van der Waals surface area contributed by atoms with Gasteiger partial charge in [0.2, 0.25) is 0 Å². The first kappa shape index (κ1) is 24.0. The Morgan fingerprint density at radius 3 is 2.62 bits per heavy atom. The SMILES string of the molecule is CCn1c(=O)/c(=C2\Sc3cc(Cl)ccc3N2C)s/c1=C\c1scc[n+]1Cc1c(Cl)cccc1Cl. The molecule has 1 aliphatic heterocycles. The molecule has 0 saturated heterocycles. The van der Waals surface area contributed by atoms with Crippen LogP contribution in [0.15, 0.2) is 57.7 Å². The molecule has 3 heterocycles. The Labute approximate surface area is 224 Å². The number of thiazole rings is 2. The van der Waals surface area contributed by atoms with Crippen LogP contribution < -0.4 is 24.2 Å². The number of halogens is 3. The van der Waals surface area contributed by atoms with Crippen molar-refractivity contribution < 1.29 is 4.57 Å². The number of aromatic nitrogens is 2. The lowest BCUT2D eigenvalue weighted by Crippen LogP contribution is -2.36. The summed E-state index contributed by atoms with van der Waals surface area (Å²) in [6.45, 7) is 3.13. The van der Waals surface area contributed by atoms with E-state index < -0.39 is 0 Å². The van der Waals surface area contributed by atoms with Gasteiger partial charge in [0.25, 0.3) is 10.6 Å². The van der Waals surface area contributed by atoms with Crippen LogP contribution in [-0.2, 0) is 13.1 Å². The number of benzene rings is 2. The molecule has 0 N–H and O–H groups in total. The zero-order chi connectivity index (χ0) is 24.0. The van der Waals surface area contributed by atoms with Crippen LogP contribution in [0.2, 0.25) is 15.1 Å². The fraction of sp³-hybridized carbons (Fsp3) is 0.167. The highest BCUT2D eigenvalue weighted by atomic mass is 35.5. The highest BCUT2D eigenvalue weighted by Crippen LogP contribution is 2.46. The number of hydrogen-bond donors (Lipinski definition) is 0. The van der Waals surface area contributed by atoms with Gasteiger partial charge in [0.1, 0.15) is 14.2 Å². The Balaban J connectivity index is 1.61. The van der Waals surface area contributed by atoms with Crippen LogP contribution >= 0.6 is 69.2 Å². The van der Waals surface area contributed by atoms with Gasteiger partial charge in [-0.3, -0.25) is 9.36 Å². The lowest BCUT2D eigenvalue weighted by Gasteiger charge is -2.12. The molecule has 4 nitrogen and oxygen atoms in total. The van der Waals surface area contributed by atoms with E-state index >= 15 is 0 Å². The summed E-state index contributed by atoms with van der Waals surface area (Å²) >= 11 is 23.7. The van der Waals surface area contributed by atoms with Gasteiger partial charge in [0.15, 0.2) is 12.7 Å². The van der Waals surface area contributed by atoms with E-state index in [1.807, 2.05) is 66.5 Å². The number of nitrogens with zero attached hydrogens (tertiary/aromatic N) is 3. The lowest BCUT2D eigenvalue weighted by molar-refractivity contribution is -0.685. The molecular formula is C24H19Cl3N3OS3+. The van der Waals surface area contributed by atoms with Gasteiger partial charge >= 0.3 is 0 Å². The van der Waals surface area contributed by atoms with Crippen molar-refractivity contribution in [2.45, 2.75) is 24.9 Å². The summed E-state index contributed by atoms with van der Waals surface area (Å²) in [5, 5.41) is 5.93. The van der Waals surface area contributed by atoms with Gasteiger partial charge in [-0.1, -0.05) is 64.0 Å². The van der Waals surface area contributed by atoms with Crippen LogP contribution in [0.1, 0.15) is 17.5 Å². The standard InChI is InChI=1S/C24H19Cl3N3OS3/c1-3-30-21(12-20-29(9-10-32-20)13-15-16(26)5-4-6-17(15)27)34-22(23(30)31)24-28(2)18-8-7-14(25)11-19(18)33-24/h4-12H,3,13H2,1-2H3/q+1/b24-22+. The van der Waals surface area contributed by atoms with Crippen LogP contribution in [0.25, 0.3) is 11.1 Å². The van der Waals surface area contributed by atoms with Gasteiger partial charge in [0.05, 0.1) is 32.8 Å². The molecule has 5 rings (SSSR count). The van der Waals surface area contributed by atoms with E-state index in [1.54, 1.807) is 23.1 Å². The Bertz CT molecular complexity index is 1570. The summed E-state index contributed by atoms with van der Waals surface area (Å²) in [6, 6.07) is 11.3. The van der Waals surface area contributed by atoms with Crippen molar-refractivity contribution in [3.8, 4) is 0 Å². The summed E-state index contributed by atoms with van der Waals surface area (Å²) in [7, 11) is 1.99. The average Bonchev–Trinajstić information content (AvgIpc) is 3.47. The van der Waals surface area contributed by atoms with E-state index in [9.17, 15) is 4.79 Å². The minimum atomic E-state index is 0.0178. The second-order valence-corrected chi connectivity index (χ2v) is 11.8. The largest absolute Gasteiger partial charge is 0.337 e. The number of anilines is 1. The monoisotopic (exact) mass is 566 g/mol. The first-order valence-electron chi connectivity index (χ1n) is 10.4. The summed E-state index contributed by atoms with van der Waals surface area (Å²) < 4.78 is 5.55. The fourth-order valence-electron chi connectivity index (χ4n) is 3.82. The zero-order valence-corrected chi connectivity index (χ0v) is 22.9. The molecule has 0 amide bonds. The quantitative estimate of drug-likeness (QED) is 0.308. The summed E-state index contributed by atoms with van der Waals surface area (Å²) in [5.41, 5.74) is 1.95. The Kier molecular flexibility index (Phi) is 6.86. The van der Waals surface area contributed by atoms with E-state index in [0.29, 0.717) is 28.2 Å². The second-order valence-electron chi connectivity index (χ2n) is 7.61. The molecule has 0 saturated carbocycles. The molecule has 2 aromatic carbocycles. The topological polar surface area (TPSA) is 29.1 Å². The minimum Gasteiger partial charge on any atom is -0.337 e. The van der Waals surface area contributed by atoms with E-state index in [2.05, 4.69) is 15.5 Å². The molecule has 0 aliphatic carbocycles. The smallest absolute Gasteiger partial charge is 0.271 e. The van der Waals surface area contributed by atoms with Crippen molar-refractivity contribution in [3.63, 3.8) is 0 Å². The summed E-state index contributed by atoms with van der Waals surface area (Å²) in [6.07, 6.45) is 4.08. The van der Waals surface area contributed by atoms with Crippen LogP contribution in [0.4, 0.5) is 5.69 Å². The third kappa shape index (κ3) is 4.34. The molecule has 0 unspecified atom stereocenters. The lowest BCUT2D eigenvalue weighted by atomic mass is 10.2. The van der Waals surface area contributed by atoms with Crippen molar-refractivity contribution in [2.24, 2.45) is 0 Å². The van der Waals surface area contributed by atoms with Crippen LogP contribution in [0, 0.1) is 0 Å². The normalized spacial score (nSPS) is 15.3. The maximum atomic E-state index is 13.4. The van der Waals surface area contributed by atoms with E-state index in [0.717, 1.165) is 35.4 Å². The van der Waals surface area contributed by atoms with Crippen molar-refractivity contribution in [3.05, 3.63) is 93.2 Å². The van der Waals surface area contributed by atoms with E-state index in [-0.39, 0.29) is 5.56 Å². The molecule has 0 atom stereocenters. The fourth-order valence-corrected chi connectivity index (χ4v) is 7.93. The molecule has 10 heteroatoms. The zero-order valence-electron chi connectivity index (χ0n) is 18.2. The van der Waals surface area contributed by atoms with Gasteiger partial charge < -0.3 is 4.90 Å². The Morgan fingerprint density at radius 2 is 1.88 bits per heavy atom. The van der Waals surface area contributed by atoms with Gasteiger partial charge in [0, 0.05) is 23.5 Å². The van der Waals surface area contributed by atoms with Gasteiger partial charge in [-0.2, -0.15) is 4.57 Å². The number of fused-ring (bicyclic) bond motifs is 1. The molecule has 0 bridgehead atoms. The van der Waals surface area contributed by atoms with Crippen molar-refractivity contribution in [2.75, 3.05) is 11.9 Å². The number of thioether (sulfide) groups is 1. The summed E-state index contributed by atoms with van der Waals surface area (Å²) in [5.74, 6) is 0. The number of hydrogen-bond acceptors (Lipinski definition) is 5. The second kappa shape index (κ2) is 9.72. The van der Waals surface area contributed by atoms with Crippen molar-refractivity contribution in [1.29, 1.82) is 0 Å². The molecule has 2 aromatic heterocycles. The third-order valence-corrected chi connectivity index (χ3v) is 9.83. The highest BCUT2D eigenvalue weighted by Gasteiger charge is 2.25. The molecule has 174 valence electrons. The highest BCUT2D eigenvalue weighted by molar-refractivity contribution is 8.08. The first-order valence-corrected chi connectivity index (χ1v) is 14.1. The van der Waals surface area contributed by atoms with Crippen LogP contribution in [0.3, 0.4) is 0 Å². The third-order valence-electron chi connectivity index (χ3n) is 5.57. The Morgan fingerprint density at radius 1 is 1.12 bits per heavy atom. The molecule has 1 aliphatic rings. The minimum absolute atomic E-state index is 0.0178. The molecule has 0 radical (unpaired) electrons. The Hall–Kier alpha value is -1.74. The predicted molar refractivity (Wildman–Crippen MR) is 146 cm³/mol. The summed E-state index contributed by atoms with van der Waals surface area (Å²) in [4.78, 5) is 16.5. The predicted octanol–water partition coefficient (Wildman–Crippen LogP) is 5.42. The molecule has 34 heavy (non-hydrogen) atoms. The van der Waals surface area contributed by atoms with Crippen molar-refractivity contribution in [1.82, 2.24) is 4.57 Å². The maximum absolute atomic E-state index is 13.4. The van der Waals surface area contributed by atoms with E-state index in [4.69, 9.17) is 34.8 Å². The van der Waals surface area contributed by atoms with Gasteiger partial charge in [-0.15, -0.1) is 11.3 Å². The maximum Gasteiger partial charge on any atom is 0.271 e. The molecule has 0 fully saturated rings. The molecule has 4 aromatic rings. The number of rotatable bonds is 4. The van der Waals surface area contributed by atoms with Gasteiger partial charge in [-0.05, 0) is 37.3 Å². The van der Waals surface area contributed by atoms with Crippen LogP contribution in [-0.4, -0.2) is 11.6 Å². The first-order chi connectivity index (χ1) is 16.4. The van der Waals surface area contributed by atoms with Gasteiger partial charge in [-0.25, -0.2) is 0 Å². The molecular weight excluding hydrogens is 549 g/mol. The molecule has 0 spiro atoms. The van der Waals surface area contributed by atoms with Crippen LogP contribution in [0.5, 0.6) is 0 Å². The average molecular weight is 568 g/mol. The van der Waals surface area contributed by atoms with E-state index in [1.165, 1.54) is 11.3 Å². The van der Waals surface area contributed by atoms with Crippen molar-refractivity contribution >= 4 is 86.0 Å².